The van der Waals surface area contributed by atoms with E-state index in [2.05, 4.69) is 5.32 Å². The number of carbonyl (C=O) groups excluding carboxylic acids is 3. The highest BCUT2D eigenvalue weighted by Gasteiger charge is 2.29. The average molecular weight is 378 g/mol. The van der Waals surface area contributed by atoms with Gasteiger partial charge in [0.1, 0.15) is 12.3 Å². The van der Waals surface area contributed by atoms with Gasteiger partial charge in [0.15, 0.2) is 0 Å². The Kier molecular flexibility index (Phi) is 7.53. The monoisotopic (exact) mass is 378 g/mol. The summed E-state index contributed by atoms with van der Waals surface area (Å²) in [5.74, 6) is 0.00279. The number of esters is 1. The molecule has 1 aromatic rings. The quantitative estimate of drug-likeness (QED) is 0.543. The zero-order valence-corrected chi connectivity index (χ0v) is 15.6. The van der Waals surface area contributed by atoms with E-state index in [1.165, 1.54) is 22.7 Å². The van der Waals surface area contributed by atoms with Crippen LogP contribution in [0.15, 0.2) is 35.4 Å². The summed E-state index contributed by atoms with van der Waals surface area (Å²) in [7, 11) is 1.61. The van der Waals surface area contributed by atoms with Crippen LogP contribution in [0, 0.1) is 0 Å². The van der Waals surface area contributed by atoms with Crippen molar-refractivity contribution in [1.82, 2.24) is 10.2 Å². The summed E-state index contributed by atoms with van der Waals surface area (Å²) in [4.78, 5) is 36.9. The molecule has 26 heavy (non-hydrogen) atoms. The molecule has 2 amide bonds. The first-order chi connectivity index (χ1) is 12.5. The normalized spacial score (nSPS) is 15.2. The maximum absolute atomic E-state index is 12.1. The molecule has 0 saturated carbocycles. The molecule has 1 N–H and O–H groups in total. The lowest BCUT2D eigenvalue weighted by atomic mass is 10.1. The number of thioether (sulfide) groups is 1. The number of rotatable bonds is 8. The van der Waals surface area contributed by atoms with E-state index in [1.54, 1.807) is 14.0 Å². The van der Waals surface area contributed by atoms with Crippen LogP contribution in [-0.2, 0) is 25.5 Å². The third-order valence-electron chi connectivity index (χ3n) is 3.64. The SMILES string of the molecule is CCOC(=O)/C=C1\SCC(=O)N1CC(=O)NCCc1ccc(OC)cc1. The van der Waals surface area contributed by atoms with E-state index < -0.39 is 5.97 Å². The van der Waals surface area contributed by atoms with Gasteiger partial charge < -0.3 is 14.8 Å². The van der Waals surface area contributed by atoms with Crippen molar-refractivity contribution in [3.8, 4) is 5.75 Å². The molecular formula is C18H22N2O5S. The highest BCUT2D eigenvalue weighted by molar-refractivity contribution is 8.04. The molecule has 2 rings (SSSR count). The number of nitrogens with one attached hydrogen (secondary N) is 1. The van der Waals surface area contributed by atoms with Crippen molar-refractivity contribution >= 4 is 29.5 Å². The first-order valence-electron chi connectivity index (χ1n) is 8.24. The predicted molar refractivity (Wildman–Crippen MR) is 98.6 cm³/mol. The van der Waals surface area contributed by atoms with Crippen LogP contribution in [0.25, 0.3) is 0 Å². The fourth-order valence-electron chi connectivity index (χ4n) is 2.32. The van der Waals surface area contributed by atoms with E-state index in [9.17, 15) is 14.4 Å². The Labute approximate surface area is 156 Å². The minimum absolute atomic E-state index is 0.111. The van der Waals surface area contributed by atoms with Gasteiger partial charge in [0.2, 0.25) is 11.8 Å². The number of nitrogens with zero attached hydrogens (tertiary/aromatic N) is 1. The second-order valence-electron chi connectivity index (χ2n) is 5.45. The minimum Gasteiger partial charge on any atom is -0.497 e. The summed E-state index contributed by atoms with van der Waals surface area (Å²) in [6, 6.07) is 7.60. The molecule has 1 saturated heterocycles. The second-order valence-corrected chi connectivity index (χ2v) is 6.45. The van der Waals surface area contributed by atoms with Crippen LogP contribution < -0.4 is 10.1 Å². The molecule has 0 atom stereocenters. The Balaban J connectivity index is 1.83. The average Bonchev–Trinajstić information content (AvgIpc) is 2.96. The summed E-state index contributed by atoms with van der Waals surface area (Å²) in [6.45, 7) is 2.31. The molecule has 0 bridgehead atoms. The third kappa shape index (κ3) is 5.80. The molecule has 0 aromatic heterocycles. The third-order valence-corrected chi connectivity index (χ3v) is 4.66. The molecule has 8 heteroatoms. The fraction of sp³-hybridized carbons (Fsp3) is 0.389. The lowest BCUT2D eigenvalue weighted by Crippen LogP contribution is -2.38. The van der Waals surface area contributed by atoms with Gasteiger partial charge in [-0.1, -0.05) is 23.9 Å². The summed E-state index contributed by atoms with van der Waals surface area (Å²) in [6.07, 6.45) is 1.92. The second kappa shape index (κ2) is 9.86. The molecule has 140 valence electrons. The number of hydrogen-bond acceptors (Lipinski definition) is 6. The molecular weight excluding hydrogens is 356 g/mol. The Morgan fingerprint density at radius 1 is 1.31 bits per heavy atom. The Morgan fingerprint density at radius 2 is 2.04 bits per heavy atom. The number of hydrogen-bond donors (Lipinski definition) is 1. The Bertz CT molecular complexity index is 687. The van der Waals surface area contributed by atoms with Crippen LogP contribution in [0.1, 0.15) is 12.5 Å². The van der Waals surface area contributed by atoms with Crippen molar-refractivity contribution in [2.75, 3.05) is 32.6 Å². The smallest absolute Gasteiger partial charge is 0.333 e. The number of carbonyl (C=O) groups is 3. The van der Waals surface area contributed by atoms with E-state index >= 15 is 0 Å². The number of amides is 2. The lowest BCUT2D eigenvalue weighted by molar-refractivity contribution is -0.137. The van der Waals surface area contributed by atoms with Crippen molar-refractivity contribution in [1.29, 1.82) is 0 Å². The highest BCUT2D eigenvalue weighted by Crippen LogP contribution is 2.28. The maximum atomic E-state index is 12.1. The Morgan fingerprint density at radius 3 is 2.69 bits per heavy atom. The van der Waals surface area contributed by atoms with Crippen LogP contribution >= 0.6 is 11.8 Å². The first-order valence-corrected chi connectivity index (χ1v) is 9.23. The zero-order chi connectivity index (χ0) is 18.9. The zero-order valence-electron chi connectivity index (χ0n) is 14.8. The van der Waals surface area contributed by atoms with Gasteiger partial charge >= 0.3 is 5.97 Å². The van der Waals surface area contributed by atoms with Gasteiger partial charge in [-0.15, -0.1) is 0 Å². The molecule has 1 fully saturated rings. The number of methoxy groups -OCH3 is 1. The molecule has 0 radical (unpaired) electrons. The number of ether oxygens (including phenoxy) is 2. The van der Waals surface area contributed by atoms with Gasteiger partial charge in [0, 0.05) is 6.54 Å². The fourth-order valence-corrected chi connectivity index (χ4v) is 3.25. The van der Waals surface area contributed by atoms with E-state index in [1.807, 2.05) is 24.3 Å². The topological polar surface area (TPSA) is 84.9 Å². The molecule has 7 nitrogen and oxygen atoms in total. The molecule has 1 aromatic carbocycles. The van der Waals surface area contributed by atoms with Crippen molar-refractivity contribution in [2.45, 2.75) is 13.3 Å². The van der Waals surface area contributed by atoms with Crippen LogP contribution in [0.5, 0.6) is 5.75 Å². The molecule has 1 heterocycles. The van der Waals surface area contributed by atoms with Gasteiger partial charge in [-0.25, -0.2) is 4.79 Å². The summed E-state index contributed by atoms with van der Waals surface area (Å²) >= 11 is 1.22. The van der Waals surface area contributed by atoms with E-state index in [4.69, 9.17) is 9.47 Å². The predicted octanol–water partition coefficient (Wildman–Crippen LogP) is 1.33. The minimum atomic E-state index is -0.519. The van der Waals surface area contributed by atoms with E-state index in [0.717, 1.165) is 11.3 Å². The van der Waals surface area contributed by atoms with Gasteiger partial charge in [-0.3, -0.25) is 14.5 Å². The van der Waals surface area contributed by atoms with Crippen molar-refractivity contribution in [2.24, 2.45) is 0 Å². The molecule has 1 aliphatic heterocycles. The van der Waals surface area contributed by atoms with Crippen molar-refractivity contribution in [3.63, 3.8) is 0 Å². The molecule has 0 spiro atoms. The first kappa shape index (κ1) is 19.8. The van der Waals surface area contributed by atoms with Gasteiger partial charge in [0.25, 0.3) is 0 Å². The van der Waals surface area contributed by atoms with Crippen molar-refractivity contribution < 1.29 is 23.9 Å². The molecule has 0 aliphatic carbocycles. The van der Waals surface area contributed by atoms with Crippen molar-refractivity contribution in [3.05, 3.63) is 40.9 Å². The van der Waals surface area contributed by atoms with Crippen LogP contribution in [0.4, 0.5) is 0 Å². The standard InChI is InChI=1S/C18H22N2O5S/c1-3-25-18(23)10-17-20(16(22)12-26-17)11-15(21)19-9-8-13-4-6-14(24-2)7-5-13/h4-7,10H,3,8-9,11-12H2,1-2H3,(H,19,21)/b17-10-. The highest BCUT2D eigenvalue weighted by atomic mass is 32.2. The summed E-state index contributed by atoms with van der Waals surface area (Å²) < 4.78 is 9.95. The van der Waals surface area contributed by atoms with Gasteiger partial charge in [-0.05, 0) is 31.0 Å². The van der Waals surface area contributed by atoms with E-state index in [-0.39, 0.29) is 30.7 Å². The van der Waals surface area contributed by atoms with Crippen LogP contribution in [-0.4, -0.2) is 55.2 Å². The van der Waals surface area contributed by atoms with E-state index in [0.29, 0.717) is 18.0 Å². The van der Waals surface area contributed by atoms with Gasteiger partial charge in [-0.2, -0.15) is 0 Å². The largest absolute Gasteiger partial charge is 0.497 e. The van der Waals surface area contributed by atoms with Crippen LogP contribution in [0.3, 0.4) is 0 Å². The molecule has 1 aliphatic rings. The molecule has 0 unspecified atom stereocenters. The van der Waals surface area contributed by atoms with Gasteiger partial charge in [0.05, 0.1) is 30.6 Å². The number of benzene rings is 1. The lowest BCUT2D eigenvalue weighted by Gasteiger charge is -2.16. The maximum Gasteiger partial charge on any atom is 0.333 e. The van der Waals surface area contributed by atoms with Crippen LogP contribution in [0.2, 0.25) is 0 Å². The summed E-state index contributed by atoms with van der Waals surface area (Å²) in [5, 5.41) is 3.23. The summed E-state index contributed by atoms with van der Waals surface area (Å²) in [5.41, 5.74) is 1.07. The Hall–Kier alpha value is -2.48.